The summed E-state index contributed by atoms with van der Waals surface area (Å²) in [4.78, 5) is 59.5. The Morgan fingerprint density at radius 3 is 1.46 bits per heavy atom. The van der Waals surface area contributed by atoms with Gasteiger partial charge in [-0.3, -0.25) is 32.1 Å². The van der Waals surface area contributed by atoms with Gasteiger partial charge in [-0.05, 0) is 58.3 Å². The molecule has 8 N–H and O–H groups in total. The number of ketones is 1. The summed E-state index contributed by atoms with van der Waals surface area (Å²) in [5, 5.41) is 11.2. The maximum Gasteiger partial charge on any atom is 0.264 e. The summed E-state index contributed by atoms with van der Waals surface area (Å²) in [6.07, 6.45) is 18.6. The van der Waals surface area contributed by atoms with Crippen molar-refractivity contribution in [2.45, 2.75) is 147 Å². The minimum absolute atomic E-state index is 0.0598. The van der Waals surface area contributed by atoms with E-state index in [0.717, 1.165) is 70.6 Å². The zero-order chi connectivity index (χ0) is 45.2. The summed E-state index contributed by atoms with van der Waals surface area (Å²) < 4.78 is 54.5. The number of nitrogens with one attached hydrogen (secondary N) is 5. The molecule has 0 saturated carbocycles. The maximum absolute atomic E-state index is 12.3. The van der Waals surface area contributed by atoms with Gasteiger partial charge in [0.15, 0.2) is 0 Å². The lowest BCUT2D eigenvalue weighted by molar-refractivity contribution is -0.127. The number of Topliss-reactive ketones (excluding diaryl/α,β-unsaturated/α-hetero) is 1. The van der Waals surface area contributed by atoms with Crippen LogP contribution < -0.4 is 30.5 Å². The molecule has 0 bridgehead atoms. The van der Waals surface area contributed by atoms with Crippen molar-refractivity contribution in [3.63, 3.8) is 0 Å². The minimum atomic E-state index is -3.82. The SMILES string of the molecule is CC(=O)[C@H](CCCCNC(=O)COCCOCCNC(=O)COCCOCCNC(=O)[C@@H](N)CCCCNC(=O)CCCCCCCCCCCCCCCS(=O)(=O)O)NI. The van der Waals surface area contributed by atoms with Gasteiger partial charge in [0.25, 0.3) is 10.1 Å². The minimum Gasteiger partial charge on any atom is -0.377 e. The second-order valence-electron chi connectivity index (χ2n) is 15.2. The molecule has 2 atom stereocenters. The molecule has 0 saturated heterocycles. The van der Waals surface area contributed by atoms with Crippen LogP contribution in [0, 0.1) is 0 Å². The molecule has 61 heavy (non-hydrogen) atoms. The maximum atomic E-state index is 12.3. The third-order valence-electron chi connectivity index (χ3n) is 9.60. The van der Waals surface area contributed by atoms with Crippen LogP contribution in [0.5, 0.6) is 0 Å². The average molecular weight is 1010 g/mol. The van der Waals surface area contributed by atoms with Crippen molar-refractivity contribution in [1.29, 1.82) is 0 Å². The quantitative estimate of drug-likeness (QED) is 0.0200. The van der Waals surface area contributed by atoms with Gasteiger partial charge >= 0.3 is 0 Å². The van der Waals surface area contributed by atoms with Crippen molar-refractivity contribution in [2.24, 2.45) is 5.73 Å². The van der Waals surface area contributed by atoms with Crippen LogP contribution in [-0.2, 0) is 53.0 Å². The standard InChI is InChI=1S/C41H79IN6O12S/c1-35(49)37(48-42)20-15-17-23-45-39(51)33-59-30-28-57-26-24-46-40(52)34-60-31-29-58-27-25-47-41(53)36(43)19-14-16-22-44-38(50)21-13-11-9-7-5-3-2-4-6-8-10-12-18-32-61(54,55)56/h36-37,48H,2-34,43H2,1H3,(H,44,50)(H,45,51)(H,46,52)(H,47,53)(H,54,55,56)/t36-,37-/m0/s1. The molecule has 0 unspecified atom stereocenters. The number of unbranched alkanes of at least 4 members (excludes halogenated alkanes) is 14. The van der Waals surface area contributed by atoms with Crippen LogP contribution in [-0.4, -0.2) is 139 Å². The van der Waals surface area contributed by atoms with Crippen molar-refractivity contribution in [1.82, 2.24) is 24.8 Å². The lowest BCUT2D eigenvalue weighted by atomic mass is 10.0. The predicted octanol–water partition coefficient (Wildman–Crippen LogP) is 3.43. The molecule has 20 heteroatoms. The lowest BCUT2D eigenvalue weighted by Gasteiger charge is -2.12. The third kappa shape index (κ3) is 43.0. The summed E-state index contributed by atoms with van der Waals surface area (Å²) in [6, 6.07) is -0.790. The summed E-state index contributed by atoms with van der Waals surface area (Å²) in [5.41, 5.74) is 6.01. The molecule has 0 fully saturated rings. The first-order valence-corrected chi connectivity index (χ1v) is 25.0. The Morgan fingerprint density at radius 2 is 0.967 bits per heavy atom. The smallest absolute Gasteiger partial charge is 0.264 e. The van der Waals surface area contributed by atoms with Crippen LogP contribution in [0.2, 0.25) is 0 Å². The molecule has 4 amide bonds. The Kier molecular flexibility index (Phi) is 40.5. The number of carbonyl (C=O) groups excluding carboxylic acids is 5. The van der Waals surface area contributed by atoms with E-state index in [2.05, 4.69) is 24.8 Å². The van der Waals surface area contributed by atoms with Crippen LogP contribution in [0.3, 0.4) is 0 Å². The average Bonchev–Trinajstić information content (AvgIpc) is 3.21. The van der Waals surface area contributed by atoms with E-state index in [0.29, 0.717) is 45.4 Å². The van der Waals surface area contributed by atoms with E-state index < -0.39 is 16.2 Å². The highest BCUT2D eigenvalue weighted by Crippen LogP contribution is 2.13. The van der Waals surface area contributed by atoms with Crippen molar-refractivity contribution < 1.29 is 55.9 Å². The molecular formula is C41H79IN6O12S. The molecule has 0 aliphatic rings. The first-order valence-electron chi connectivity index (χ1n) is 22.3. The fourth-order valence-electron chi connectivity index (χ4n) is 6.00. The van der Waals surface area contributed by atoms with Gasteiger partial charge < -0.3 is 45.9 Å². The second-order valence-corrected chi connectivity index (χ2v) is 17.4. The molecule has 0 radical (unpaired) electrons. The molecule has 0 aromatic rings. The van der Waals surface area contributed by atoms with E-state index in [1.807, 2.05) is 22.9 Å². The van der Waals surface area contributed by atoms with Gasteiger partial charge in [-0.25, -0.2) is 0 Å². The number of amides is 4. The van der Waals surface area contributed by atoms with Crippen molar-refractivity contribution in [3.8, 4) is 0 Å². The number of ether oxygens (including phenoxy) is 4. The highest BCUT2D eigenvalue weighted by atomic mass is 127. The topological polar surface area (TPSA) is 263 Å². The van der Waals surface area contributed by atoms with Crippen molar-refractivity contribution in [3.05, 3.63) is 0 Å². The van der Waals surface area contributed by atoms with E-state index in [1.54, 1.807) is 6.92 Å². The molecule has 0 aliphatic carbocycles. The molecule has 0 aromatic heterocycles. The first kappa shape index (κ1) is 58.9. The highest BCUT2D eigenvalue weighted by molar-refractivity contribution is 14.1. The van der Waals surface area contributed by atoms with Gasteiger partial charge in [0, 0.05) is 55.5 Å². The van der Waals surface area contributed by atoms with Gasteiger partial charge in [-0.15, -0.1) is 0 Å². The van der Waals surface area contributed by atoms with E-state index >= 15 is 0 Å². The van der Waals surface area contributed by atoms with Gasteiger partial charge in [-0.2, -0.15) is 8.42 Å². The molecule has 18 nitrogen and oxygen atoms in total. The Bertz CT molecular complexity index is 1250. The van der Waals surface area contributed by atoms with Crippen LogP contribution in [0.4, 0.5) is 0 Å². The Balaban J connectivity index is 3.49. The van der Waals surface area contributed by atoms with Gasteiger partial charge in [0.1, 0.15) is 19.0 Å². The van der Waals surface area contributed by atoms with Crippen molar-refractivity contribution in [2.75, 3.05) is 84.8 Å². The van der Waals surface area contributed by atoms with E-state index in [9.17, 15) is 32.4 Å². The van der Waals surface area contributed by atoms with Crippen LogP contribution in [0.15, 0.2) is 0 Å². The summed E-state index contributed by atoms with van der Waals surface area (Å²) in [7, 11) is -3.82. The molecule has 358 valence electrons. The fraction of sp³-hybridized carbons (Fsp3) is 0.878. The van der Waals surface area contributed by atoms with Crippen molar-refractivity contribution >= 4 is 62.4 Å². The molecule has 0 heterocycles. The molecule has 0 spiro atoms. The normalized spacial score (nSPS) is 12.5. The highest BCUT2D eigenvalue weighted by Gasteiger charge is 2.13. The lowest BCUT2D eigenvalue weighted by Crippen LogP contribution is -2.41. The summed E-state index contributed by atoms with van der Waals surface area (Å²) in [6.45, 7) is 4.63. The van der Waals surface area contributed by atoms with Gasteiger partial charge in [0.05, 0.1) is 57.5 Å². The second kappa shape index (κ2) is 41.9. The Morgan fingerprint density at radius 1 is 0.541 bits per heavy atom. The Labute approximate surface area is 379 Å². The molecule has 0 aliphatic heterocycles. The monoisotopic (exact) mass is 1010 g/mol. The molecule has 0 rings (SSSR count). The van der Waals surface area contributed by atoms with E-state index in [1.165, 1.54) is 38.5 Å². The first-order chi connectivity index (χ1) is 29.4. The zero-order valence-electron chi connectivity index (χ0n) is 36.8. The van der Waals surface area contributed by atoms with E-state index in [4.69, 9.17) is 29.2 Å². The number of nitrogens with two attached hydrogens (primary N) is 1. The largest absolute Gasteiger partial charge is 0.377 e. The van der Waals surface area contributed by atoms with Gasteiger partial charge in [-0.1, -0.05) is 70.6 Å². The fourth-order valence-corrected chi connectivity index (χ4v) is 7.32. The summed E-state index contributed by atoms with van der Waals surface area (Å²) >= 11 is 1.97. The van der Waals surface area contributed by atoms with Gasteiger partial charge in [0.2, 0.25) is 23.6 Å². The number of hydrogen-bond acceptors (Lipinski definition) is 13. The van der Waals surface area contributed by atoms with E-state index in [-0.39, 0.29) is 94.1 Å². The third-order valence-corrected chi connectivity index (χ3v) is 11.2. The predicted molar refractivity (Wildman–Crippen MR) is 244 cm³/mol. The summed E-state index contributed by atoms with van der Waals surface area (Å²) in [5.74, 6) is -0.727. The van der Waals surface area contributed by atoms with Crippen LogP contribution in [0.1, 0.15) is 135 Å². The number of carbonyl (C=O) groups is 5. The number of hydrogen-bond donors (Lipinski definition) is 7. The molecular weight excluding hydrogens is 927 g/mol. The Hall–Kier alpha value is -2.05. The number of rotatable bonds is 45. The zero-order valence-corrected chi connectivity index (χ0v) is 39.8. The molecule has 0 aromatic carbocycles. The number of halogens is 1. The van der Waals surface area contributed by atoms with Crippen LogP contribution >= 0.6 is 22.9 Å². The van der Waals surface area contributed by atoms with Crippen LogP contribution in [0.25, 0.3) is 0 Å².